The third-order valence-corrected chi connectivity index (χ3v) is 17.6. The molecule has 0 aromatic heterocycles. The Balaban J connectivity index is 4.82. The van der Waals surface area contributed by atoms with Gasteiger partial charge in [-0.3, -0.25) is 0 Å². The highest BCUT2D eigenvalue weighted by Crippen LogP contribution is 2.48. The molecule has 0 aliphatic heterocycles. The minimum Gasteiger partial charge on any atom is -0.460 e. The van der Waals surface area contributed by atoms with Gasteiger partial charge in [0, 0.05) is 12.2 Å². The molecule has 0 bridgehead atoms. The summed E-state index contributed by atoms with van der Waals surface area (Å²) in [5.74, 6) is 0.401. The molecule has 31 heavy (non-hydrogen) atoms. The summed E-state index contributed by atoms with van der Waals surface area (Å²) < 4.78 is 18.1. The predicted molar refractivity (Wildman–Crippen MR) is 139 cm³/mol. The molecule has 0 spiro atoms. The van der Waals surface area contributed by atoms with Gasteiger partial charge in [0.25, 0.3) is 0 Å². The lowest BCUT2D eigenvalue weighted by molar-refractivity contribution is -0.140. The fraction of sp³-hybridized carbons (Fsp3) is 0.880. The van der Waals surface area contributed by atoms with Crippen LogP contribution < -0.4 is 0 Å². The molecule has 0 N–H and O–H groups in total. The van der Waals surface area contributed by atoms with Crippen LogP contribution in [0.2, 0.25) is 36.8 Å². The number of esters is 1. The molecule has 0 fully saturated rings. The highest BCUT2D eigenvalue weighted by atomic mass is 28.4. The second-order valence-electron chi connectivity index (χ2n) is 10.4. The highest BCUT2D eigenvalue weighted by Gasteiger charge is 2.47. The fourth-order valence-electron chi connectivity index (χ4n) is 4.25. The van der Waals surface area contributed by atoms with Crippen LogP contribution in [0.25, 0.3) is 0 Å². The monoisotopic (exact) mass is 472 g/mol. The SMILES string of the molecule is C=C(C)C(=O)OCCOCCCC(C)(CC)[Si](C)(C)O[Si](C)(CCCC)CC(C)CC. The lowest BCUT2D eigenvalue weighted by atomic mass is 10.0. The van der Waals surface area contributed by atoms with Crippen LogP contribution in [0, 0.1) is 5.92 Å². The molecule has 0 radical (unpaired) electrons. The Labute approximate surface area is 195 Å². The van der Waals surface area contributed by atoms with Crippen LogP contribution in [0.4, 0.5) is 0 Å². The molecule has 0 rings (SSSR count). The second-order valence-corrected chi connectivity index (χ2v) is 19.3. The van der Waals surface area contributed by atoms with Gasteiger partial charge < -0.3 is 13.6 Å². The number of hydrogen-bond donors (Lipinski definition) is 0. The number of hydrogen-bond acceptors (Lipinski definition) is 4. The lowest BCUT2D eigenvalue weighted by Gasteiger charge is -2.48. The number of ether oxygens (including phenoxy) is 2. The van der Waals surface area contributed by atoms with E-state index in [-0.39, 0.29) is 17.6 Å². The van der Waals surface area contributed by atoms with Crippen molar-refractivity contribution in [2.24, 2.45) is 5.92 Å². The van der Waals surface area contributed by atoms with Gasteiger partial charge in [0.2, 0.25) is 0 Å². The van der Waals surface area contributed by atoms with Gasteiger partial charge in [-0.25, -0.2) is 4.79 Å². The van der Waals surface area contributed by atoms with E-state index in [1.807, 2.05) is 0 Å². The maximum absolute atomic E-state index is 11.4. The average Bonchev–Trinajstić information content (AvgIpc) is 2.70. The van der Waals surface area contributed by atoms with Crippen molar-refractivity contribution in [3.8, 4) is 0 Å². The molecule has 0 heterocycles. The molecular weight excluding hydrogens is 420 g/mol. The zero-order valence-electron chi connectivity index (χ0n) is 22.2. The van der Waals surface area contributed by atoms with Crippen molar-refractivity contribution in [1.29, 1.82) is 0 Å². The Morgan fingerprint density at radius 2 is 1.71 bits per heavy atom. The molecule has 3 unspecified atom stereocenters. The summed E-state index contributed by atoms with van der Waals surface area (Å²) in [5, 5.41) is 0.235. The molecule has 0 aliphatic carbocycles. The van der Waals surface area contributed by atoms with Crippen LogP contribution in [0.15, 0.2) is 12.2 Å². The molecule has 4 nitrogen and oxygen atoms in total. The van der Waals surface area contributed by atoms with Gasteiger partial charge in [-0.2, -0.15) is 0 Å². The molecule has 0 aromatic carbocycles. The summed E-state index contributed by atoms with van der Waals surface area (Å²) in [7, 11) is -3.62. The van der Waals surface area contributed by atoms with Gasteiger partial charge >= 0.3 is 5.97 Å². The van der Waals surface area contributed by atoms with Crippen LogP contribution in [0.1, 0.15) is 80.1 Å². The van der Waals surface area contributed by atoms with Crippen molar-refractivity contribution in [2.75, 3.05) is 19.8 Å². The lowest BCUT2D eigenvalue weighted by Crippen LogP contribution is -2.53. The predicted octanol–water partition coefficient (Wildman–Crippen LogP) is 7.72. The Morgan fingerprint density at radius 1 is 1.06 bits per heavy atom. The molecule has 3 atom stereocenters. The molecule has 0 saturated heterocycles. The Morgan fingerprint density at radius 3 is 2.23 bits per heavy atom. The minimum absolute atomic E-state index is 0.235. The molecule has 0 saturated carbocycles. The number of carbonyl (C=O) groups is 1. The van der Waals surface area contributed by atoms with Gasteiger partial charge in [-0.05, 0) is 62.5 Å². The van der Waals surface area contributed by atoms with Crippen molar-refractivity contribution in [1.82, 2.24) is 0 Å². The molecular formula is C25H52O4Si2. The topological polar surface area (TPSA) is 44.8 Å². The van der Waals surface area contributed by atoms with Gasteiger partial charge in [0.05, 0.1) is 6.61 Å². The van der Waals surface area contributed by atoms with Crippen LogP contribution in [-0.2, 0) is 18.4 Å². The third-order valence-electron chi connectivity index (χ3n) is 7.10. The third kappa shape index (κ3) is 11.3. The van der Waals surface area contributed by atoms with E-state index in [1.165, 1.54) is 31.4 Å². The Kier molecular flexibility index (Phi) is 14.5. The van der Waals surface area contributed by atoms with E-state index in [4.69, 9.17) is 13.6 Å². The maximum Gasteiger partial charge on any atom is 0.333 e. The minimum atomic E-state index is -1.90. The molecule has 0 aromatic rings. The summed E-state index contributed by atoms with van der Waals surface area (Å²) >= 11 is 0. The smallest absolute Gasteiger partial charge is 0.333 e. The van der Waals surface area contributed by atoms with E-state index in [1.54, 1.807) is 6.92 Å². The van der Waals surface area contributed by atoms with Crippen molar-refractivity contribution in [2.45, 2.75) is 117 Å². The summed E-state index contributed by atoms with van der Waals surface area (Å²) in [6, 6.07) is 2.57. The quantitative estimate of drug-likeness (QED) is 0.0886. The van der Waals surface area contributed by atoms with E-state index < -0.39 is 16.6 Å². The average molecular weight is 473 g/mol. The van der Waals surface area contributed by atoms with Crippen LogP contribution in [0.3, 0.4) is 0 Å². The van der Waals surface area contributed by atoms with E-state index in [0.29, 0.717) is 18.8 Å². The zero-order valence-corrected chi connectivity index (χ0v) is 24.2. The van der Waals surface area contributed by atoms with E-state index >= 15 is 0 Å². The van der Waals surface area contributed by atoms with Crippen molar-refractivity contribution >= 4 is 22.6 Å². The first kappa shape index (κ1) is 30.6. The molecule has 184 valence electrons. The maximum atomic E-state index is 11.4. The summed E-state index contributed by atoms with van der Waals surface area (Å²) in [5.41, 5.74) is 0.425. The zero-order chi connectivity index (χ0) is 24.1. The Hall–Kier alpha value is -0.436. The number of unbranched alkanes of at least 4 members (excludes halogenated alkanes) is 1. The largest absolute Gasteiger partial charge is 0.460 e. The first-order valence-electron chi connectivity index (χ1n) is 12.5. The highest BCUT2D eigenvalue weighted by molar-refractivity contribution is 6.86. The fourth-order valence-corrected chi connectivity index (χ4v) is 15.6. The van der Waals surface area contributed by atoms with Gasteiger partial charge in [-0.15, -0.1) is 0 Å². The van der Waals surface area contributed by atoms with E-state index in [2.05, 4.69) is 60.8 Å². The second kappa shape index (κ2) is 14.7. The van der Waals surface area contributed by atoms with Gasteiger partial charge in [0.1, 0.15) is 6.61 Å². The van der Waals surface area contributed by atoms with Gasteiger partial charge in [0.15, 0.2) is 16.6 Å². The first-order valence-corrected chi connectivity index (χ1v) is 18.2. The van der Waals surface area contributed by atoms with Crippen LogP contribution >= 0.6 is 0 Å². The molecule has 6 heteroatoms. The normalized spacial score (nSPS) is 16.9. The molecule has 0 amide bonds. The Bertz CT molecular complexity index is 538. The molecule has 0 aliphatic rings. The number of rotatable bonds is 18. The summed E-state index contributed by atoms with van der Waals surface area (Å²) in [6.07, 6.45) is 7.05. The number of carbonyl (C=O) groups excluding carboxylic acids is 1. The van der Waals surface area contributed by atoms with Crippen molar-refractivity contribution < 1.29 is 18.4 Å². The van der Waals surface area contributed by atoms with E-state index in [9.17, 15) is 4.79 Å². The summed E-state index contributed by atoms with van der Waals surface area (Å²) in [4.78, 5) is 11.4. The van der Waals surface area contributed by atoms with Gasteiger partial charge in [-0.1, -0.05) is 66.9 Å². The van der Waals surface area contributed by atoms with Crippen molar-refractivity contribution in [3.63, 3.8) is 0 Å². The first-order chi connectivity index (χ1) is 14.4. The summed E-state index contributed by atoms with van der Waals surface area (Å²) in [6.45, 7) is 25.8. The van der Waals surface area contributed by atoms with E-state index in [0.717, 1.165) is 25.2 Å². The van der Waals surface area contributed by atoms with Crippen LogP contribution in [-0.4, -0.2) is 42.4 Å². The van der Waals surface area contributed by atoms with Crippen molar-refractivity contribution in [3.05, 3.63) is 12.2 Å². The standard InChI is InChI=1S/C25H52O4Si2/c1-11-14-20-31(10,21-23(6)12-2)29-30(8,9)25(7,13-3)16-15-17-27-18-19-28-24(26)22(4)5/h23H,4,11-21H2,1-3,5-10H3. The van der Waals surface area contributed by atoms with Crippen LogP contribution in [0.5, 0.6) is 0 Å².